The van der Waals surface area contributed by atoms with Crippen LogP contribution in [-0.2, 0) is 6.54 Å². The maximum absolute atomic E-state index is 12.8. The van der Waals surface area contributed by atoms with Crippen LogP contribution in [0, 0.1) is 10.1 Å². The van der Waals surface area contributed by atoms with Gasteiger partial charge in [-0.15, -0.1) is 0 Å². The number of para-hydroxylation sites is 1. The lowest BCUT2D eigenvalue weighted by molar-refractivity contribution is -0.901. The Bertz CT molecular complexity index is 1000. The Labute approximate surface area is 174 Å². The third-order valence-electron chi connectivity index (χ3n) is 5.78. The number of nitro groups is 1. The topological polar surface area (TPSA) is 88.2 Å². The number of quaternary nitrogens is 1. The van der Waals surface area contributed by atoms with Crippen molar-refractivity contribution in [1.29, 1.82) is 0 Å². The molecule has 30 heavy (non-hydrogen) atoms. The van der Waals surface area contributed by atoms with Gasteiger partial charge >= 0.3 is 0 Å². The van der Waals surface area contributed by atoms with Crippen LogP contribution in [0.2, 0.25) is 0 Å². The second kappa shape index (κ2) is 8.23. The van der Waals surface area contributed by atoms with Gasteiger partial charge in [-0.2, -0.15) is 0 Å². The van der Waals surface area contributed by atoms with E-state index in [1.54, 1.807) is 0 Å². The van der Waals surface area contributed by atoms with Crippen LogP contribution in [-0.4, -0.2) is 48.4 Å². The van der Waals surface area contributed by atoms with Crippen LogP contribution in [0.5, 0.6) is 0 Å². The van der Waals surface area contributed by atoms with Crippen LogP contribution in [0.1, 0.15) is 45.5 Å². The number of hydrogen-bond donors (Lipinski definition) is 1. The highest BCUT2D eigenvalue weighted by atomic mass is 16.6. The van der Waals surface area contributed by atoms with E-state index in [4.69, 9.17) is 0 Å². The van der Waals surface area contributed by atoms with Gasteiger partial charge in [0.1, 0.15) is 12.1 Å². The van der Waals surface area contributed by atoms with Gasteiger partial charge in [-0.1, -0.05) is 24.3 Å². The van der Waals surface area contributed by atoms with E-state index in [0.29, 0.717) is 6.54 Å². The highest BCUT2D eigenvalue weighted by molar-refractivity contribution is 6.23. The quantitative estimate of drug-likeness (QED) is 0.447. The summed E-state index contributed by atoms with van der Waals surface area (Å²) in [6.07, 6.45) is 3.63. The number of rotatable bonds is 6. The Morgan fingerprint density at radius 1 is 1.00 bits per heavy atom. The molecule has 2 amide bonds. The van der Waals surface area contributed by atoms with Gasteiger partial charge in [-0.25, -0.2) is 4.90 Å². The molecular weight excluding hydrogens is 384 g/mol. The number of piperidine rings is 1. The molecule has 156 valence electrons. The van der Waals surface area contributed by atoms with Gasteiger partial charge < -0.3 is 9.80 Å². The van der Waals surface area contributed by atoms with Crippen molar-refractivity contribution >= 4 is 23.2 Å². The summed E-state index contributed by atoms with van der Waals surface area (Å²) < 4.78 is 0. The van der Waals surface area contributed by atoms with Crippen LogP contribution in [0.3, 0.4) is 0 Å². The SMILES string of the molecule is C[NH+](Cc1ccccc1N1CCCCC1)CN1C(=O)c2cccc([N+](=O)[O-])c2C1=O. The van der Waals surface area contributed by atoms with Crippen molar-refractivity contribution in [2.24, 2.45) is 0 Å². The number of imide groups is 1. The summed E-state index contributed by atoms with van der Waals surface area (Å²) >= 11 is 0. The molecule has 0 aliphatic carbocycles. The van der Waals surface area contributed by atoms with E-state index in [0.717, 1.165) is 22.9 Å². The molecule has 2 aromatic carbocycles. The summed E-state index contributed by atoms with van der Waals surface area (Å²) in [6.45, 7) is 2.87. The van der Waals surface area contributed by atoms with Crippen molar-refractivity contribution in [2.45, 2.75) is 25.8 Å². The second-order valence-electron chi connectivity index (χ2n) is 7.96. The molecule has 0 bridgehead atoms. The minimum absolute atomic E-state index is 0.103. The van der Waals surface area contributed by atoms with E-state index in [1.807, 2.05) is 19.2 Å². The van der Waals surface area contributed by atoms with Gasteiger partial charge in [0.25, 0.3) is 17.5 Å². The summed E-state index contributed by atoms with van der Waals surface area (Å²) in [5, 5.41) is 11.3. The number of amides is 2. The Morgan fingerprint density at radius 2 is 1.73 bits per heavy atom. The summed E-state index contributed by atoms with van der Waals surface area (Å²) in [6, 6.07) is 12.4. The number of hydrogen-bond acceptors (Lipinski definition) is 5. The summed E-state index contributed by atoms with van der Waals surface area (Å²) in [5.74, 6) is -1.06. The molecule has 2 aliphatic heterocycles. The zero-order valence-electron chi connectivity index (χ0n) is 17.0. The molecule has 2 aliphatic rings. The average molecular weight is 409 g/mol. The zero-order chi connectivity index (χ0) is 21.3. The molecule has 0 aromatic heterocycles. The molecule has 1 unspecified atom stereocenters. The first-order chi connectivity index (χ1) is 14.5. The van der Waals surface area contributed by atoms with Crippen LogP contribution in [0.25, 0.3) is 0 Å². The maximum Gasteiger partial charge on any atom is 0.282 e. The molecule has 2 aromatic rings. The molecule has 1 atom stereocenters. The zero-order valence-corrected chi connectivity index (χ0v) is 17.0. The van der Waals surface area contributed by atoms with Crippen LogP contribution >= 0.6 is 0 Å². The number of nitrogens with zero attached hydrogens (tertiary/aromatic N) is 3. The van der Waals surface area contributed by atoms with Crippen LogP contribution in [0.4, 0.5) is 11.4 Å². The molecule has 1 saturated heterocycles. The second-order valence-corrected chi connectivity index (χ2v) is 7.96. The number of fused-ring (bicyclic) bond motifs is 1. The number of anilines is 1. The van der Waals surface area contributed by atoms with E-state index in [1.165, 1.54) is 48.7 Å². The lowest BCUT2D eigenvalue weighted by Crippen LogP contribution is -3.09. The van der Waals surface area contributed by atoms with Crippen molar-refractivity contribution in [1.82, 2.24) is 4.90 Å². The number of nitro benzene ring substituents is 1. The fourth-order valence-corrected chi connectivity index (χ4v) is 4.37. The molecule has 0 radical (unpaired) electrons. The highest BCUT2D eigenvalue weighted by Gasteiger charge is 2.42. The molecule has 0 saturated carbocycles. The fraction of sp³-hybridized carbons (Fsp3) is 0.364. The van der Waals surface area contributed by atoms with Gasteiger partial charge in [0.15, 0.2) is 6.67 Å². The summed E-state index contributed by atoms with van der Waals surface area (Å²) in [7, 11) is 1.92. The van der Waals surface area contributed by atoms with Crippen molar-refractivity contribution in [3.8, 4) is 0 Å². The Hall–Kier alpha value is -3.26. The van der Waals surface area contributed by atoms with Gasteiger partial charge in [0, 0.05) is 30.4 Å². The first-order valence-electron chi connectivity index (χ1n) is 10.2. The first-order valence-corrected chi connectivity index (χ1v) is 10.2. The molecule has 4 rings (SSSR count). The predicted molar refractivity (Wildman–Crippen MR) is 112 cm³/mol. The first kappa shape index (κ1) is 20.0. The third kappa shape index (κ3) is 3.66. The van der Waals surface area contributed by atoms with Crippen LogP contribution in [0.15, 0.2) is 42.5 Å². The predicted octanol–water partition coefficient (Wildman–Crippen LogP) is 1.85. The van der Waals surface area contributed by atoms with Crippen molar-refractivity contribution < 1.29 is 19.4 Å². The minimum Gasteiger partial charge on any atom is -0.371 e. The van der Waals surface area contributed by atoms with Crippen LogP contribution < -0.4 is 9.80 Å². The molecule has 1 N–H and O–H groups in total. The number of nitrogens with one attached hydrogen (secondary N) is 1. The average Bonchev–Trinajstić information content (AvgIpc) is 2.99. The van der Waals surface area contributed by atoms with Crippen molar-refractivity contribution in [3.05, 3.63) is 69.3 Å². The molecular formula is C22H25N4O4+. The molecule has 0 spiro atoms. The van der Waals surface area contributed by atoms with Gasteiger partial charge in [-0.05, 0) is 31.4 Å². The van der Waals surface area contributed by atoms with Crippen molar-refractivity contribution in [2.75, 3.05) is 31.7 Å². The lowest BCUT2D eigenvalue weighted by Gasteiger charge is -2.31. The number of carbonyl (C=O) groups excluding carboxylic acids is 2. The number of benzene rings is 2. The van der Waals surface area contributed by atoms with Gasteiger partial charge in [0.2, 0.25) is 0 Å². The molecule has 8 heteroatoms. The largest absolute Gasteiger partial charge is 0.371 e. The van der Waals surface area contributed by atoms with Crippen molar-refractivity contribution in [3.63, 3.8) is 0 Å². The number of carbonyl (C=O) groups is 2. The Kier molecular flexibility index (Phi) is 5.50. The standard InChI is InChI=1S/C22H24N4O4/c1-23(14-16-8-3-4-10-18(16)24-12-5-2-6-13-24)15-25-21(27)17-9-7-11-19(26(29)30)20(17)22(25)28/h3-4,7-11H,2,5-6,12-15H2,1H3/p+1. The van der Waals surface area contributed by atoms with E-state index in [2.05, 4.69) is 17.0 Å². The van der Waals surface area contributed by atoms with E-state index < -0.39 is 16.7 Å². The van der Waals surface area contributed by atoms with Gasteiger partial charge in [0.05, 0.1) is 17.5 Å². The third-order valence-corrected chi connectivity index (χ3v) is 5.78. The Morgan fingerprint density at radius 3 is 2.47 bits per heavy atom. The smallest absolute Gasteiger partial charge is 0.282 e. The molecule has 1 fully saturated rings. The Balaban J connectivity index is 1.51. The lowest BCUT2D eigenvalue weighted by atomic mass is 10.1. The van der Waals surface area contributed by atoms with E-state index in [9.17, 15) is 19.7 Å². The summed E-state index contributed by atoms with van der Waals surface area (Å²) in [5.41, 5.74) is 2.06. The highest BCUT2D eigenvalue weighted by Crippen LogP contribution is 2.30. The monoisotopic (exact) mass is 409 g/mol. The van der Waals surface area contributed by atoms with Gasteiger partial charge in [-0.3, -0.25) is 19.7 Å². The molecule has 2 heterocycles. The summed E-state index contributed by atoms with van der Waals surface area (Å²) in [4.78, 5) is 40.7. The fourth-order valence-electron chi connectivity index (χ4n) is 4.37. The van der Waals surface area contributed by atoms with E-state index in [-0.39, 0.29) is 23.5 Å². The minimum atomic E-state index is -0.612. The van der Waals surface area contributed by atoms with E-state index >= 15 is 0 Å². The normalized spacial score (nSPS) is 17.2. The molecule has 8 nitrogen and oxygen atoms in total. The maximum atomic E-state index is 12.8.